The molecule has 0 radical (unpaired) electrons. The monoisotopic (exact) mass is 320 g/mol. The summed E-state index contributed by atoms with van der Waals surface area (Å²) in [6.45, 7) is 4.57. The van der Waals surface area contributed by atoms with Crippen molar-refractivity contribution in [3.05, 3.63) is 34.3 Å². The average molecular weight is 322 g/mol. The molecule has 0 heterocycles. The summed E-state index contributed by atoms with van der Waals surface area (Å²) in [7, 11) is 0. The van der Waals surface area contributed by atoms with E-state index in [1.54, 1.807) is 6.07 Å². The van der Waals surface area contributed by atoms with Crippen molar-refractivity contribution in [2.45, 2.75) is 13.3 Å². The summed E-state index contributed by atoms with van der Waals surface area (Å²) in [6.07, 6.45) is 1.11. The second-order valence-electron chi connectivity index (χ2n) is 3.49. The highest BCUT2D eigenvalue weighted by Gasteiger charge is 2.07. The van der Waals surface area contributed by atoms with Gasteiger partial charge >= 0.3 is 0 Å². The van der Waals surface area contributed by atoms with Crippen LogP contribution in [0, 0.1) is 0 Å². The van der Waals surface area contributed by atoms with E-state index in [1.807, 2.05) is 18.2 Å². The lowest BCUT2D eigenvalue weighted by molar-refractivity contribution is 0.0953. The van der Waals surface area contributed by atoms with Crippen LogP contribution in [0.1, 0.15) is 23.7 Å². The van der Waals surface area contributed by atoms with E-state index in [2.05, 4.69) is 33.5 Å². The predicted octanol–water partition coefficient (Wildman–Crippen LogP) is 2.60. The fourth-order valence-corrected chi connectivity index (χ4v) is 1.77. The highest BCUT2D eigenvalue weighted by Crippen LogP contribution is 2.15. The van der Waals surface area contributed by atoms with E-state index in [0.717, 1.165) is 24.0 Å². The summed E-state index contributed by atoms with van der Waals surface area (Å²) in [5, 5.41) is 6.10. The molecule has 0 aliphatic heterocycles. The molecule has 0 bridgehead atoms. The van der Waals surface area contributed by atoms with Crippen LogP contribution in [0.15, 0.2) is 28.7 Å². The summed E-state index contributed by atoms with van der Waals surface area (Å²) < 4.78 is 0.828. The molecule has 0 saturated heterocycles. The largest absolute Gasteiger partial charge is 0.351 e. The lowest BCUT2D eigenvalue weighted by atomic mass is 10.2. The molecule has 0 fully saturated rings. The quantitative estimate of drug-likeness (QED) is 0.791. The van der Waals surface area contributed by atoms with Gasteiger partial charge in [0.25, 0.3) is 5.91 Å². The van der Waals surface area contributed by atoms with Crippen molar-refractivity contribution in [1.82, 2.24) is 10.6 Å². The molecule has 0 aliphatic carbocycles. The maximum atomic E-state index is 11.7. The van der Waals surface area contributed by atoms with Gasteiger partial charge in [0.05, 0.1) is 5.56 Å². The molecule has 17 heavy (non-hydrogen) atoms. The van der Waals surface area contributed by atoms with Crippen molar-refractivity contribution < 1.29 is 4.79 Å². The molecule has 1 rings (SSSR count). The minimum absolute atomic E-state index is 0. The van der Waals surface area contributed by atoms with Gasteiger partial charge in [-0.3, -0.25) is 4.79 Å². The zero-order chi connectivity index (χ0) is 11.8. The third-order valence-corrected chi connectivity index (χ3v) is 2.82. The SMILES string of the molecule is CCCNCCNC(=O)c1ccccc1Br.Cl. The van der Waals surface area contributed by atoms with Crippen molar-refractivity contribution in [2.75, 3.05) is 19.6 Å². The number of carbonyl (C=O) groups is 1. The highest BCUT2D eigenvalue weighted by atomic mass is 79.9. The van der Waals surface area contributed by atoms with E-state index in [9.17, 15) is 4.79 Å². The Labute approximate surface area is 117 Å². The Kier molecular flexibility index (Phi) is 9.13. The van der Waals surface area contributed by atoms with E-state index in [-0.39, 0.29) is 18.3 Å². The summed E-state index contributed by atoms with van der Waals surface area (Å²) in [5.74, 6) is -0.0363. The van der Waals surface area contributed by atoms with Crippen LogP contribution in [0.4, 0.5) is 0 Å². The smallest absolute Gasteiger partial charge is 0.252 e. The minimum atomic E-state index is -0.0363. The number of hydrogen-bond acceptors (Lipinski definition) is 2. The van der Waals surface area contributed by atoms with Crippen molar-refractivity contribution in [3.63, 3.8) is 0 Å². The Hall–Kier alpha value is -0.580. The van der Waals surface area contributed by atoms with Crippen LogP contribution >= 0.6 is 28.3 Å². The fraction of sp³-hybridized carbons (Fsp3) is 0.417. The van der Waals surface area contributed by atoms with Gasteiger partial charge in [-0.1, -0.05) is 19.1 Å². The van der Waals surface area contributed by atoms with E-state index in [1.165, 1.54) is 0 Å². The molecule has 5 heteroatoms. The molecule has 0 aliphatic rings. The Balaban J connectivity index is 0.00000256. The lowest BCUT2D eigenvalue weighted by Gasteiger charge is -2.07. The third kappa shape index (κ3) is 6.05. The summed E-state index contributed by atoms with van der Waals surface area (Å²) >= 11 is 3.35. The van der Waals surface area contributed by atoms with E-state index < -0.39 is 0 Å². The number of benzene rings is 1. The molecule has 0 spiro atoms. The summed E-state index contributed by atoms with van der Waals surface area (Å²) in [6, 6.07) is 7.42. The fourth-order valence-electron chi connectivity index (χ4n) is 1.31. The Bertz CT molecular complexity index is 347. The average Bonchev–Trinajstić information content (AvgIpc) is 2.29. The Morgan fingerprint density at radius 1 is 1.24 bits per heavy atom. The molecule has 1 aromatic carbocycles. The molecule has 96 valence electrons. The van der Waals surface area contributed by atoms with Crippen LogP contribution in [-0.2, 0) is 0 Å². The van der Waals surface area contributed by atoms with Gasteiger partial charge in [-0.05, 0) is 41.0 Å². The standard InChI is InChI=1S/C12H17BrN2O.ClH/c1-2-7-14-8-9-15-12(16)10-5-3-4-6-11(10)13;/h3-6,14H,2,7-9H2,1H3,(H,15,16);1H. The van der Waals surface area contributed by atoms with Gasteiger partial charge in [0, 0.05) is 17.6 Å². The number of hydrogen-bond donors (Lipinski definition) is 2. The minimum Gasteiger partial charge on any atom is -0.351 e. The van der Waals surface area contributed by atoms with Gasteiger partial charge in [-0.2, -0.15) is 0 Å². The summed E-state index contributed by atoms with van der Waals surface area (Å²) in [5.41, 5.74) is 0.679. The molecule has 0 saturated carbocycles. The molecule has 1 aromatic rings. The Morgan fingerprint density at radius 3 is 2.59 bits per heavy atom. The second kappa shape index (κ2) is 9.45. The van der Waals surface area contributed by atoms with Crippen molar-refractivity contribution in [1.29, 1.82) is 0 Å². The normalized spacial score (nSPS) is 9.53. The van der Waals surface area contributed by atoms with Gasteiger partial charge in [-0.25, -0.2) is 0 Å². The number of nitrogens with one attached hydrogen (secondary N) is 2. The first-order valence-corrected chi connectivity index (χ1v) is 6.28. The number of amides is 1. The second-order valence-corrected chi connectivity index (χ2v) is 4.34. The van der Waals surface area contributed by atoms with Crippen molar-refractivity contribution >= 4 is 34.2 Å². The maximum absolute atomic E-state index is 11.7. The first-order valence-electron chi connectivity index (χ1n) is 5.49. The zero-order valence-corrected chi connectivity index (χ0v) is 12.2. The van der Waals surface area contributed by atoms with Crippen molar-refractivity contribution in [2.24, 2.45) is 0 Å². The van der Waals surface area contributed by atoms with Crippen LogP contribution in [0.25, 0.3) is 0 Å². The summed E-state index contributed by atoms with van der Waals surface area (Å²) in [4.78, 5) is 11.7. The Morgan fingerprint density at radius 2 is 1.94 bits per heavy atom. The first-order chi connectivity index (χ1) is 7.75. The molecule has 0 atom stereocenters. The van der Waals surface area contributed by atoms with Crippen molar-refractivity contribution in [3.8, 4) is 0 Å². The molecular formula is C12H18BrClN2O. The third-order valence-electron chi connectivity index (χ3n) is 2.13. The number of carbonyl (C=O) groups excluding carboxylic acids is 1. The predicted molar refractivity (Wildman–Crippen MR) is 76.9 cm³/mol. The molecule has 0 aromatic heterocycles. The molecule has 2 N–H and O–H groups in total. The van der Waals surface area contributed by atoms with E-state index in [0.29, 0.717) is 12.1 Å². The van der Waals surface area contributed by atoms with E-state index >= 15 is 0 Å². The van der Waals surface area contributed by atoms with Gasteiger partial charge in [0.1, 0.15) is 0 Å². The highest BCUT2D eigenvalue weighted by molar-refractivity contribution is 9.10. The van der Waals surface area contributed by atoms with Crippen LogP contribution in [0.2, 0.25) is 0 Å². The molecule has 0 unspecified atom stereocenters. The number of rotatable bonds is 6. The zero-order valence-electron chi connectivity index (χ0n) is 9.83. The van der Waals surface area contributed by atoms with Gasteiger partial charge in [0.2, 0.25) is 0 Å². The van der Waals surface area contributed by atoms with Crippen LogP contribution < -0.4 is 10.6 Å². The lowest BCUT2D eigenvalue weighted by Crippen LogP contribution is -2.32. The van der Waals surface area contributed by atoms with Crippen LogP contribution in [0.3, 0.4) is 0 Å². The molecular weight excluding hydrogens is 304 g/mol. The van der Waals surface area contributed by atoms with Gasteiger partial charge in [-0.15, -0.1) is 12.4 Å². The van der Waals surface area contributed by atoms with Crippen LogP contribution in [-0.4, -0.2) is 25.5 Å². The topological polar surface area (TPSA) is 41.1 Å². The van der Waals surface area contributed by atoms with E-state index in [4.69, 9.17) is 0 Å². The number of halogens is 2. The first kappa shape index (κ1) is 16.4. The molecule has 3 nitrogen and oxygen atoms in total. The maximum Gasteiger partial charge on any atom is 0.252 e. The molecule has 1 amide bonds. The van der Waals surface area contributed by atoms with Crippen LogP contribution in [0.5, 0.6) is 0 Å². The van der Waals surface area contributed by atoms with Gasteiger partial charge < -0.3 is 10.6 Å². The van der Waals surface area contributed by atoms with Gasteiger partial charge in [0.15, 0.2) is 0 Å².